The van der Waals surface area contributed by atoms with E-state index in [1.54, 1.807) is 37.2 Å². The van der Waals surface area contributed by atoms with E-state index >= 15 is 0 Å². The molecule has 1 heterocycles. The summed E-state index contributed by atoms with van der Waals surface area (Å²) in [4.78, 5) is 19.5. The van der Waals surface area contributed by atoms with Gasteiger partial charge in [0, 0.05) is 33.7 Å². The Kier molecular flexibility index (Phi) is 7.63. The Morgan fingerprint density at radius 2 is 1.72 bits per heavy atom. The predicted octanol–water partition coefficient (Wildman–Crippen LogP) is 4.01. The van der Waals surface area contributed by atoms with Gasteiger partial charge in [0.1, 0.15) is 5.25 Å². The van der Waals surface area contributed by atoms with Crippen molar-refractivity contribution in [3.8, 4) is 0 Å². The third-order valence-corrected chi connectivity index (χ3v) is 8.61. The molecule has 1 atom stereocenters. The summed E-state index contributed by atoms with van der Waals surface area (Å²) in [7, 11) is -0.0931. The standard InChI is InChI=1S/C23H30N4O3S2/c1-6-26(7-2)32(29,30)18-14-15-20-19(16-18)24-23(27(20)8-3)31-21(22(28)25(4)5)17-12-10-9-11-13-17/h9-16,21H,6-8H2,1-5H3. The van der Waals surface area contributed by atoms with Crippen LogP contribution in [0.3, 0.4) is 0 Å². The van der Waals surface area contributed by atoms with Gasteiger partial charge in [-0.2, -0.15) is 4.31 Å². The normalized spacial score (nSPS) is 12.9. The molecule has 0 saturated carbocycles. The molecule has 1 amide bonds. The quantitative estimate of drug-likeness (QED) is 0.438. The highest BCUT2D eigenvalue weighted by molar-refractivity contribution is 8.00. The summed E-state index contributed by atoms with van der Waals surface area (Å²) in [6.45, 7) is 7.13. The van der Waals surface area contributed by atoms with Crippen molar-refractivity contribution in [2.24, 2.45) is 0 Å². The number of fused-ring (bicyclic) bond motifs is 1. The largest absolute Gasteiger partial charge is 0.348 e. The van der Waals surface area contributed by atoms with Crippen LogP contribution in [0.15, 0.2) is 58.6 Å². The smallest absolute Gasteiger partial charge is 0.243 e. The number of rotatable bonds is 9. The lowest BCUT2D eigenvalue weighted by Crippen LogP contribution is -2.30. The van der Waals surface area contributed by atoms with Crippen molar-refractivity contribution in [2.45, 2.75) is 42.6 Å². The van der Waals surface area contributed by atoms with E-state index in [4.69, 9.17) is 4.98 Å². The van der Waals surface area contributed by atoms with Gasteiger partial charge in [0.2, 0.25) is 15.9 Å². The van der Waals surface area contributed by atoms with E-state index in [-0.39, 0.29) is 10.8 Å². The second-order valence-corrected chi connectivity index (χ2v) is 10.5. The highest BCUT2D eigenvalue weighted by Gasteiger charge is 2.27. The number of carbonyl (C=O) groups excluding carboxylic acids is 1. The maximum absolute atomic E-state index is 13.0. The predicted molar refractivity (Wildman–Crippen MR) is 129 cm³/mol. The first-order valence-corrected chi connectivity index (χ1v) is 13.0. The second-order valence-electron chi connectivity index (χ2n) is 7.52. The number of imidazole rings is 1. The van der Waals surface area contributed by atoms with Crippen LogP contribution in [0, 0.1) is 0 Å². The minimum atomic E-state index is -3.58. The SMILES string of the molecule is CCN(CC)S(=O)(=O)c1ccc2c(c1)nc(SC(C(=O)N(C)C)c1ccccc1)n2CC. The molecule has 32 heavy (non-hydrogen) atoms. The number of likely N-dealkylation sites (N-methyl/N-ethyl adjacent to an activating group) is 1. The molecule has 0 bridgehead atoms. The van der Waals surface area contributed by atoms with Crippen LogP contribution in [0.1, 0.15) is 31.6 Å². The molecule has 0 aliphatic rings. The molecule has 1 aromatic heterocycles. The number of nitrogens with zero attached hydrogens (tertiary/aromatic N) is 4. The van der Waals surface area contributed by atoms with Crippen LogP contribution in [0.2, 0.25) is 0 Å². The second kappa shape index (κ2) is 10.1. The molecule has 0 fully saturated rings. The van der Waals surface area contributed by atoms with Crippen molar-refractivity contribution in [1.29, 1.82) is 0 Å². The molecular weight excluding hydrogens is 444 g/mol. The van der Waals surface area contributed by atoms with Gasteiger partial charge in [-0.1, -0.05) is 55.9 Å². The minimum absolute atomic E-state index is 0.0271. The topological polar surface area (TPSA) is 75.5 Å². The average Bonchev–Trinajstić information content (AvgIpc) is 3.14. The van der Waals surface area contributed by atoms with E-state index in [0.717, 1.165) is 11.1 Å². The molecule has 0 spiro atoms. The van der Waals surface area contributed by atoms with E-state index in [2.05, 4.69) is 0 Å². The lowest BCUT2D eigenvalue weighted by atomic mass is 10.1. The maximum atomic E-state index is 13.0. The van der Waals surface area contributed by atoms with E-state index < -0.39 is 15.3 Å². The summed E-state index contributed by atoms with van der Waals surface area (Å²) in [5.41, 5.74) is 2.35. The highest BCUT2D eigenvalue weighted by atomic mass is 32.2. The summed E-state index contributed by atoms with van der Waals surface area (Å²) >= 11 is 1.38. The summed E-state index contributed by atoms with van der Waals surface area (Å²) in [5, 5.41) is 0.233. The molecule has 2 aromatic carbocycles. The molecule has 7 nitrogen and oxygen atoms in total. The zero-order valence-corrected chi connectivity index (χ0v) is 20.8. The van der Waals surface area contributed by atoms with Crippen molar-refractivity contribution >= 4 is 38.7 Å². The van der Waals surface area contributed by atoms with Crippen LogP contribution in [0.5, 0.6) is 0 Å². The number of amides is 1. The molecule has 1 unspecified atom stereocenters. The van der Waals surface area contributed by atoms with Crippen molar-refractivity contribution < 1.29 is 13.2 Å². The molecule has 172 valence electrons. The summed E-state index contributed by atoms with van der Waals surface area (Å²) in [6, 6.07) is 14.7. The molecule has 0 N–H and O–H groups in total. The Labute approximate surface area is 194 Å². The number of hydrogen-bond donors (Lipinski definition) is 0. The number of aryl methyl sites for hydroxylation is 1. The zero-order valence-electron chi connectivity index (χ0n) is 19.1. The monoisotopic (exact) mass is 474 g/mol. The third kappa shape index (κ3) is 4.69. The van der Waals surface area contributed by atoms with Gasteiger partial charge in [-0.05, 0) is 30.7 Å². The molecule has 0 aliphatic carbocycles. The zero-order chi connectivity index (χ0) is 23.5. The van der Waals surface area contributed by atoms with Crippen molar-refractivity contribution in [3.05, 3.63) is 54.1 Å². The third-order valence-electron chi connectivity index (χ3n) is 5.33. The Morgan fingerprint density at radius 3 is 2.28 bits per heavy atom. The van der Waals surface area contributed by atoms with Crippen LogP contribution < -0.4 is 0 Å². The van der Waals surface area contributed by atoms with E-state index in [1.165, 1.54) is 16.1 Å². The Hall–Kier alpha value is -2.36. The fraction of sp³-hybridized carbons (Fsp3) is 0.391. The Bertz CT molecular complexity index is 1190. The van der Waals surface area contributed by atoms with Gasteiger partial charge in [-0.15, -0.1) is 0 Å². The van der Waals surface area contributed by atoms with Crippen LogP contribution in [-0.2, 0) is 21.4 Å². The van der Waals surface area contributed by atoms with Gasteiger partial charge in [0.15, 0.2) is 5.16 Å². The first-order chi connectivity index (χ1) is 15.2. The molecule has 3 aromatic rings. The van der Waals surface area contributed by atoms with Crippen LogP contribution in [0.25, 0.3) is 11.0 Å². The first-order valence-electron chi connectivity index (χ1n) is 10.7. The highest BCUT2D eigenvalue weighted by Crippen LogP contribution is 2.38. The molecule has 0 radical (unpaired) electrons. The van der Waals surface area contributed by atoms with Gasteiger partial charge in [-0.3, -0.25) is 4.79 Å². The Balaban J connectivity index is 2.07. The van der Waals surface area contributed by atoms with Gasteiger partial charge >= 0.3 is 0 Å². The van der Waals surface area contributed by atoms with Crippen LogP contribution in [-0.4, -0.2) is 60.3 Å². The lowest BCUT2D eigenvalue weighted by Gasteiger charge is -2.20. The van der Waals surface area contributed by atoms with Crippen molar-refractivity contribution in [3.63, 3.8) is 0 Å². The summed E-state index contributed by atoms with van der Waals surface area (Å²) in [6.07, 6.45) is 0. The van der Waals surface area contributed by atoms with Gasteiger partial charge in [-0.25, -0.2) is 13.4 Å². The van der Waals surface area contributed by atoms with Crippen molar-refractivity contribution in [1.82, 2.24) is 18.8 Å². The number of hydrogen-bond acceptors (Lipinski definition) is 5. The summed E-state index contributed by atoms with van der Waals surface area (Å²) < 4.78 is 29.4. The van der Waals surface area contributed by atoms with Crippen LogP contribution in [0.4, 0.5) is 0 Å². The van der Waals surface area contributed by atoms with E-state index in [1.807, 2.05) is 55.7 Å². The fourth-order valence-corrected chi connectivity index (χ4v) is 6.38. The van der Waals surface area contributed by atoms with Crippen LogP contribution >= 0.6 is 11.8 Å². The number of thioether (sulfide) groups is 1. The van der Waals surface area contributed by atoms with E-state index in [0.29, 0.717) is 30.3 Å². The molecule has 0 aliphatic heterocycles. The molecule has 9 heteroatoms. The van der Waals surface area contributed by atoms with Gasteiger partial charge < -0.3 is 9.47 Å². The molecule has 0 saturated heterocycles. The fourth-order valence-electron chi connectivity index (χ4n) is 3.58. The summed E-state index contributed by atoms with van der Waals surface area (Å²) in [5.74, 6) is -0.0271. The lowest BCUT2D eigenvalue weighted by molar-refractivity contribution is -0.128. The number of benzene rings is 2. The number of aromatic nitrogens is 2. The van der Waals surface area contributed by atoms with E-state index in [9.17, 15) is 13.2 Å². The van der Waals surface area contributed by atoms with Gasteiger partial charge in [0.25, 0.3) is 0 Å². The minimum Gasteiger partial charge on any atom is -0.348 e. The molecular formula is C23H30N4O3S2. The van der Waals surface area contributed by atoms with Gasteiger partial charge in [0.05, 0.1) is 15.9 Å². The number of carbonyl (C=O) groups is 1. The number of sulfonamides is 1. The van der Waals surface area contributed by atoms with Crippen molar-refractivity contribution in [2.75, 3.05) is 27.2 Å². The molecule has 3 rings (SSSR count). The average molecular weight is 475 g/mol. The first kappa shape index (κ1) is 24.3. The maximum Gasteiger partial charge on any atom is 0.243 e. The Morgan fingerprint density at radius 1 is 1.06 bits per heavy atom.